The Kier molecular flexibility index (Phi) is 66.7. The van der Waals surface area contributed by atoms with Gasteiger partial charge < -0.3 is 18.9 Å². The lowest BCUT2D eigenvalue weighted by atomic mass is 10.0. The summed E-state index contributed by atoms with van der Waals surface area (Å²) in [7, 11) is 1.50. The fourth-order valence-electron chi connectivity index (χ4n) is 11.6. The zero-order chi connectivity index (χ0) is 62.6. The van der Waals surface area contributed by atoms with Crippen molar-refractivity contribution in [2.75, 3.05) is 47.5 Å². The Morgan fingerprint density at radius 2 is 0.593 bits per heavy atom. The van der Waals surface area contributed by atoms with Crippen molar-refractivity contribution < 1.29 is 42.1 Å². The lowest BCUT2D eigenvalue weighted by Crippen LogP contribution is -2.37. The molecule has 0 aliphatic heterocycles. The molecule has 0 aromatic rings. The minimum atomic E-state index is -4.39. The molecule has 9 nitrogen and oxygen atoms in total. The molecule has 0 aromatic heterocycles. The third-order valence-corrected chi connectivity index (χ3v) is 18.4. The first-order valence-corrected chi connectivity index (χ1v) is 39.6. The highest BCUT2D eigenvalue weighted by Gasteiger charge is 2.27. The molecule has 86 heavy (non-hydrogen) atoms. The highest BCUT2D eigenvalue weighted by Crippen LogP contribution is 2.43. The van der Waals surface area contributed by atoms with Crippen LogP contribution in [-0.4, -0.2) is 74.9 Å². The second kappa shape index (κ2) is 67.9. The van der Waals surface area contributed by atoms with Gasteiger partial charge in [-0.05, 0) is 64.2 Å². The lowest BCUT2D eigenvalue weighted by Gasteiger charge is -2.24. The summed E-state index contributed by atoms with van der Waals surface area (Å²) in [5.74, 6) is -0.771. The molecule has 2 atom stereocenters. The fourth-order valence-corrected chi connectivity index (χ4v) is 12.3. The Bertz CT molecular complexity index is 1500. The molecular weight excluding hydrogens is 1090 g/mol. The van der Waals surface area contributed by atoms with Gasteiger partial charge in [-0.25, -0.2) is 4.57 Å². The summed E-state index contributed by atoms with van der Waals surface area (Å²) >= 11 is 0. The minimum Gasteiger partial charge on any atom is -0.462 e. The van der Waals surface area contributed by atoms with Crippen LogP contribution in [0.5, 0.6) is 0 Å². The average Bonchev–Trinajstić information content (AvgIpc) is 3.64. The number of rotatable bonds is 72. The van der Waals surface area contributed by atoms with Crippen LogP contribution in [0.1, 0.15) is 399 Å². The molecular formula is C76H149NO8P+. The number of hydrogen-bond donors (Lipinski definition) is 1. The highest BCUT2D eigenvalue weighted by atomic mass is 31.2. The van der Waals surface area contributed by atoms with Crippen molar-refractivity contribution >= 4 is 19.8 Å². The molecule has 510 valence electrons. The van der Waals surface area contributed by atoms with E-state index in [1.54, 1.807) is 0 Å². The number of carbonyl (C=O) groups excluding carboxylic acids is 2. The molecule has 1 N–H and O–H groups in total. The van der Waals surface area contributed by atoms with Crippen LogP contribution in [0.3, 0.4) is 0 Å². The third-order valence-electron chi connectivity index (χ3n) is 17.5. The van der Waals surface area contributed by atoms with E-state index in [4.69, 9.17) is 18.5 Å². The van der Waals surface area contributed by atoms with Crippen molar-refractivity contribution in [3.05, 3.63) is 24.3 Å². The number of esters is 2. The number of phosphoric ester groups is 1. The van der Waals surface area contributed by atoms with Gasteiger partial charge in [-0.1, -0.05) is 346 Å². The zero-order valence-corrected chi connectivity index (χ0v) is 59.2. The second-order valence-corrected chi connectivity index (χ2v) is 28.8. The van der Waals surface area contributed by atoms with Gasteiger partial charge in [-0.2, -0.15) is 0 Å². The Labute approximate surface area is 536 Å². The standard InChI is InChI=1S/C76H148NO8P/c1-6-8-10-12-14-16-18-20-22-24-26-28-30-32-34-36-38-40-42-44-46-48-50-52-54-56-58-60-62-64-66-68-75(78)82-72-74(73-84-86(80,81)83-71-70-77(3,4)5)85-76(79)69-67-65-63-61-59-57-55-53-51-49-47-45-43-41-39-37-35-33-31-29-27-25-23-21-19-17-15-13-11-9-7-2/h24-27,74H,6-23,28-73H2,1-5H3/p+1/b26-24-,27-25-. The normalized spacial score (nSPS) is 13.1. The Balaban J connectivity index is 3.94. The van der Waals surface area contributed by atoms with Crippen molar-refractivity contribution in [1.29, 1.82) is 0 Å². The van der Waals surface area contributed by atoms with E-state index < -0.39 is 26.5 Å². The molecule has 0 saturated heterocycles. The molecule has 10 heteroatoms. The minimum absolute atomic E-state index is 0.0357. The Hall–Kier alpha value is -1.51. The molecule has 0 fully saturated rings. The number of ether oxygens (including phenoxy) is 2. The van der Waals surface area contributed by atoms with E-state index in [0.717, 1.165) is 38.5 Å². The summed E-state index contributed by atoms with van der Waals surface area (Å²) in [6.07, 6.45) is 86.0. The first kappa shape index (κ1) is 84.5. The molecule has 0 aliphatic carbocycles. The number of allylic oxidation sites excluding steroid dienone is 4. The molecule has 0 heterocycles. The lowest BCUT2D eigenvalue weighted by molar-refractivity contribution is -0.870. The summed E-state index contributed by atoms with van der Waals surface area (Å²) in [4.78, 5) is 35.9. The van der Waals surface area contributed by atoms with Gasteiger partial charge in [-0.15, -0.1) is 0 Å². The summed E-state index contributed by atoms with van der Waals surface area (Å²) in [5.41, 5.74) is 0. The van der Waals surface area contributed by atoms with Crippen molar-refractivity contribution in [3.63, 3.8) is 0 Å². The molecule has 0 spiro atoms. The van der Waals surface area contributed by atoms with E-state index in [1.165, 1.54) is 334 Å². The SMILES string of the molecule is CCCCCCCCCC/C=C\CCCCCCCCCCCCCCCCCCCCCC(=O)OCC(COP(=O)(O)OCC[N+](C)(C)C)OC(=O)CCCCCCCCCCCCCCCCCCCCC/C=C\CCCCCCCCCC. The van der Waals surface area contributed by atoms with E-state index >= 15 is 0 Å². The van der Waals surface area contributed by atoms with Crippen LogP contribution in [0.2, 0.25) is 0 Å². The summed E-state index contributed by atoms with van der Waals surface area (Å²) < 4.78 is 34.8. The number of phosphoric acid groups is 1. The van der Waals surface area contributed by atoms with Crippen molar-refractivity contribution in [1.82, 2.24) is 0 Å². The Morgan fingerprint density at radius 3 is 0.860 bits per heavy atom. The van der Waals surface area contributed by atoms with Gasteiger partial charge >= 0.3 is 19.8 Å². The number of quaternary nitrogens is 1. The predicted octanol–water partition coefficient (Wildman–Crippen LogP) is 24.8. The zero-order valence-electron chi connectivity index (χ0n) is 58.3. The maximum absolute atomic E-state index is 12.9. The number of hydrogen-bond acceptors (Lipinski definition) is 7. The first-order chi connectivity index (χ1) is 42.0. The van der Waals surface area contributed by atoms with E-state index in [9.17, 15) is 19.0 Å². The van der Waals surface area contributed by atoms with E-state index in [2.05, 4.69) is 38.2 Å². The van der Waals surface area contributed by atoms with Gasteiger partial charge in [0.05, 0.1) is 27.7 Å². The van der Waals surface area contributed by atoms with Crippen LogP contribution in [0.4, 0.5) is 0 Å². The quantitative estimate of drug-likeness (QED) is 0.0211. The molecule has 2 unspecified atom stereocenters. The molecule has 0 amide bonds. The van der Waals surface area contributed by atoms with Crippen LogP contribution in [0.15, 0.2) is 24.3 Å². The summed E-state index contributed by atoms with van der Waals surface area (Å²) in [6, 6.07) is 0. The van der Waals surface area contributed by atoms with Crippen LogP contribution in [0, 0.1) is 0 Å². The van der Waals surface area contributed by atoms with Gasteiger partial charge in [0.2, 0.25) is 0 Å². The number of carbonyl (C=O) groups is 2. The van der Waals surface area contributed by atoms with Gasteiger partial charge in [0.15, 0.2) is 6.10 Å². The molecule has 0 aliphatic rings. The van der Waals surface area contributed by atoms with Crippen molar-refractivity contribution in [2.24, 2.45) is 0 Å². The van der Waals surface area contributed by atoms with Crippen LogP contribution in [0.25, 0.3) is 0 Å². The highest BCUT2D eigenvalue weighted by molar-refractivity contribution is 7.47. The molecule has 0 saturated carbocycles. The van der Waals surface area contributed by atoms with Gasteiger partial charge in [0.25, 0.3) is 0 Å². The Morgan fingerprint density at radius 1 is 0.349 bits per heavy atom. The predicted molar refractivity (Wildman–Crippen MR) is 372 cm³/mol. The van der Waals surface area contributed by atoms with Gasteiger partial charge in [0.1, 0.15) is 19.8 Å². The van der Waals surface area contributed by atoms with Crippen molar-refractivity contribution in [2.45, 2.75) is 405 Å². The maximum atomic E-state index is 12.9. The van der Waals surface area contributed by atoms with Crippen LogP contribution < -0.4 is 0 Å². The summed E-state index contributed by atoms with van der Waals surface area (Å²) in [5, 5.41) is 0. The average molecular weight is 1240 g/mol. The molecule has 0 rings (SSSR count). The van der Waals surface area contributed by atoms with Gasteiger partial charge in [0, 0.05) is 12.8 Å². The number of likely N-dealkylation sites (N-methyl/N-ethyl adjacent to an activating group) is 1. The molecule has 0 aromatic carbocycles. The topological polar surface area (TPSA) is 108 Å². The maximum Gasteiger partial charge on any atom is 0.472 e. The van der Waals surface area contributed by atoms with Crippen molar-refractivity contribution in [3.8, 4) is 0 Å². The van der Waals surface area contributed by atoms with E-state index in [0.29, 0.717) is 17.4 Å². The summed E-state index contributed by atoms with van der Waals surface area (Å²) in [6.45, 7) is 4.52. The van der Waals surface area contributed by atoms with E-state index in [-0.39, 0.29) is 25.6 Å². The van der Waals surface area contributed by atoms with E-state index in [1.807, 2.05) is 21.1 Å². The monoisotopic (exact) mass is 1240 g/mol. The third kappa shape index (κ3) is 71.6. The second-order valence-electron chi connectivity index (χ2n) is 27.4. The largest absolute Gasteiger partial charge is 0.472 e. The molecule has 0 bridgehead atoms. The molecule has 0 radical (unpaired) electrons. The fraction of sp³-hybridized carbons (Fsp3) is 0.921. The van der Waals surface area contributed by atoms with Crippen LogP contribution >= 0.6 is 7.82 Å². The number of nitrogens with zero attached hydrogens (tertiary/aromatic N) is 1. The van der Waals surface area contributed by atoms with Crippen LogP contribution in [-0.2, 0) is 32.7 Å². The van der Waals surface area contributed by atoms with Gasteiger partial charge in [-0.3, -0.25) is 18.6 Å². The first-order valence-electron chi connectivity index (χ1n) is 38.1. The smallest absolute Gasteiger partial charge is 0.462 e. The number of unbranched alkanes of at least 4 members (excludes halogenated alkanes) is 54.